The van der Waals surface area contributed by atoms with Crippen LogP contribution in [0.5, 0.6) is 0 Å². The minimum atomic E-state index is -0.415. The lowest BCUT2D eigenvalue weighted by Gasteiger charge is -2.11. The highest BCUT2D eigenvalue weighted by Crippen LogP contribution is 2.17. The maximum absolute atomic E-state index is 11.8. The van der Waals surface area contributed by atoms with Gasteiger partial charge in [-0.3, -0.25) is 9.59 Å². The van der Waals surface area contributed by atoms with E-state index in [4.69, 9.17) is 4.74 Å². The van der Waals surface area contributed by atoms with Crippen molar-refractivity contribution in [3.63, 3.8) is 0 Å². The van der Waals surface area contributed by atoms with Gasteiger partial charge >= 0.3 is 0 Å². The van der Waals surface area contributed by atoms with Gasteiger partial charge in [0.05, 0.1) is 0 Å². The number of rotatable bonds is 6. The maximum Gasteiger partial charge on any atom is 0.256 e. The molecule has 0 aliphatic carbocycles. The monoisotopic (exact) mass is 315 g/mol. The van der Waals surface area contributed by atoms with Crippen LogP contribution in [-0.2, 0) is 9.53 Å². The number of hydrogen-bond acceptors (Lipinski definition) is 6. The molecule has 23 heavy (non-hydrogen) atoms. The van der Waals surface area contributed by atoms with Crippen molar-refractivity contribution in [3.05, 3.63) is 42.1 Å². The standard InChI is InChI=1S/C15H17N5O3/c1-16-14(22)11-8-17-15(18-10-6-4-3-5-7-10)20-13(11)19-12(21)9-23-2/h3-8H,9H2,1-2H3,(H,16,22)(H2,17,18,19,20,21). The molecule has 2 rings (SSSR count). The van der Waals surface area contributed by atoms with E-state index in [0.29, 0.717) is 0 Å². The van der Waals surface area contributed by atoms with E-state index in [2.05, 4.69) is 25.9 Å². The number of methoxy groups -OCH3 is 1. The zero-order valence-corrected chi connectivity index (χ0v) is 12.8. The minimum absolute atomic E-state index is 0.111. The molecule has 3 N–H and O–H groups in total. The van der Waals surface area contributed by atoms with Gasteiger partial charge in [0.1, 0.15) is 12.2 Å². The molecule has 0 unspecified atom stereocenters. The third kappa shape index (κ3) is 4.48. The first-order chi connectivity index (χ1) is 11.1. The molecule has 0 aliphatic rings. The third-order valence-electron chi connectivity index (χ3n) is 2.82. The normalized spacial score (nSPS) is 10.0. The van der Waals surface area contributed by atoms with Crippen LogP contribution in [-0.4, -0.2) is 42.5 Å². The Morgan fingerprint density at radius 3 is 2.61 bits per heavy atom. The quantitative estimate of drug-likeness (QED) is 0.739. The van der Waals surface area contributed by atoms with Crippen molar-refractivity contribution in [2.75, 3.05) is 31.4 Å². The van der Waals surface area contributed by atoms with Gasteiger partial charge in [0.15, 0.2) is 5.82 Å². The number of hydrogen-bond donors (Lipinski definition) is 3. The smallest absolute Gasteiger partial charge is 0.256 e. The van der Waals surface area contributed by atoms with E-state index in [9.17, 15) is 9.59 Å². The topological polar surface area (TPSA) is 105 Å². The molecule has 0 radical (unpaired) electrons. The number of amides is 2. The molecule has 1 heterocycles. The summed E-state index contributed by atoms with van der Waals surface area (Å²) in [4.78, 5) is 31.8. The predicted molar refractivity (Wildman–Crippen MR) is 85.7 cm³/mol. The second-order valence-electron chi connectivity index (χ2n) is 4.51. The SMILES string of the molecule is CNC(=O)c1cnc(Nc2ccccc2)nc1NC(=O)COC. The minimum Gasteiger partial charge on any atom is -0.375 e. The van der Waals surface area contributed by atoms with Gasteiger partial charge in [-0.2, -0.15) is 4.98 Å². The van der Waals surface area contributed by atoms with Crippen LogP contribution in [0.3, 0.4) is 0 Å². The molecule has 0 saturated heterocycles. The molecule has 0 fully saturated rings. The molecule has 1 aromatic carbocycles. The van der Waals surface area contributed by atoms with Crippen molar-refractivity contribution >= 4 is 29.3 Å². The second-order valence-corrected chi connectivity index (χ2v) is 4.51. The average molecular weight is 315 g/mol. The highest BCUT2D eigenvalue weighted by molar-refractivity contribution is 6.02. The first kappa shape index (κ1) is 16.4. The lowest BCUT2D eigenvalue weighted by atomic mass is 10.3. The summed E-state index contributed by atoms with van der Waals surface area (Å²) in [5.41, 5.74) is 0.949. The van der Waals surface area contributed by atoms with Gasteiger partial charge in [-0.05, 0) is 12.1 Å². The number of carbonyl (C=O) groups is 2. The lowest BCUT2D eigenvalue weighted by molar-refractivity contribution is -0.119. The van der Waals surface area contributed by atoms with Gasteiger partial charge in [-0.25, -0.2) is 4.98 Å². The Hall–Kier alpha value is -3.00. The number of carbonyl (C=O) groups excluding carboxylic acids is 2. The Morgan fingerprint density at radius 1 is 1.22 bits per heavy atom. The maximum atomic E-state index is 11.8. The highest BCUT2D eigenvalue weighted by Gasteiger charge is 2.16. The van der Waals surface area contributed by atoms with Crippen LogP contribution >= 0.6 is 0 Å². The molecule has 0 aliphatic heterocycles. The molecular formula is C15H17N5O3. The molecule has 1 aromatic heterocycles. The second kappa shape index (κ2) is 7.85. The molecule has 8 heteroatoms. The Bertz CT molecular complexity index is 691. The fourth-order valence-electron chi connectivity index (χ4n) is 1.79. The summed E-state index contributed by atoms with van der Waals surface area (Å²) >= 11 is 0. The molecule has 0 spiro atoms. The molecule has 0 saturated carbocycles. The highest BCUT2D eigenvalue weighted by atomic mass is 16.5. The van der Waals surface area contributed by atoms with Crippen LogP contribution in [0.4, 0.5) is 17.5 Å². The van der Waals surface area contributed by atoms with Gasteiger partial charge in [0, 0.05) is 26.0 Å². The summed E-state index contributed by atoms with van der Waals surface area (Å²) in [5, 5.41) is 8.01. The Kier molecular flexibility index (Phi) is 5.59. The van der Waals surface area contributed by atoms with Crippen molar-refractivity contribution in [3.8, 4) is 0 Å². The van der Waals surface area contributed by atoms with Gasteiger partial charge in [-0.15, -0.1) is 0 Å². The number of aromatic nitrogens is 2. The number of ether oxygens (including phenoxy) is 1. The number of para-hydroxylation sites is 1. The van der Waals surface area contributed by atoms with Crippen molar-refractivity contribution in [2.45, 2.75) is 0 Å². The predicted octanol–water partition coefficient (Wildman–Crippen LogP) is 1.16. The van der Waals surface area contributed by atoms with Gasteiger partial charge < -0.3 is 20.7 Å². The zero-order chi connectivity index (χ0) is 16.7. The van der Waals surface area contributed by atoms with E-state index in [0.717, 1.165) is 5.69 Å². The molecule has 120 valence electrons. The first-order valence-corrected chi connectivity index (χ1v) is 6.84. The third-order valence-corrected chi connectivity index (χ3v) is 2.82. The molecule has 0 bridgehead atoms. The Morgan fingerprint density at radius 2 is 1.96 bits per heavy atom. The van der Waals surface area contributed by atoms with E-state index in [1.165, 1.54) is 20.4 Å². The molecule has 2 amide bonds. The fourth-order valence-corrected chi connectivity index (χ4v) is 1.79. The summed E-state index contributed by atoms with van der Waals surface area (Å²) in [6, 6.07) is 9.31. The summed E-state index contributed by atoms with van der Waals surface area (Å²) in [6.45, 7) is -0.140. The van der Waals surface area contributed by atoms with Crippen LogP contribution < -0.4 is 16.0 Å². The van der Waals surface area contributed by atoms with Crippen molar-refractivity contribution in [1.82, 2.24) is 15.3 Å². The fraction of sp³-hybridized carbons (Fsp3) is 0.200. The van der Waals surface area contributed by atoms with Gasteiger partial charge in [-0.1, -0.05) is 18.2 Å². The van der Waals surface area contributed by atoms with Crippen LogP contribution in [0.15, 0.2) is 36.5 Å². The Labute approximate surface area is 133 Å². The molecular weight excluding hydrogens is 298 g/mol. The van der Waals surface area contributed by atoms with E-state index in [1.807, 2.05) is 30.3 Å². The van der Waals surface area contributed by atoms with E-state index >= 15 is 0 Å². The number of nitrogens with zero attached hydrogens (tertiary/aromatic N) is 2. The van der Waals surface area contributed by atoms with Crippen LogP contribution in [0, 0.1) is 0 Å². The number of nitrogens with one attached hydrogen (secondary N) is 3. The number of anilines is 3. The first-order valence-electron chi connectivity index (χ1n) is 6.84. The summed E-state index contributed by atoms with van der Waals surface area (Å²) in [7, 11) is 2.89. The lowest BCUT2D eigenvalue weighted by Crippen LogP contribution is -2.24. The zero-order valence-electron chi connectivity index (χ0n) is 12.8. The van der Waals surface area contributed by atoms with Gasteiger partial charge in [0.2, 0.25) is 5.95 Å². The molecule has 0 atom stereocenters. The Balaban J connectivity index is 2.28. The van der Waals surface area contributed by atoms with Crippen LogP contribution in [0.1, 0.15) is 10.4 Å². The largest absolute Gasteiger partial charge is 0.375 e. The average Bonchev–Trinajstić information content (AvgIpc) is 2.55. The van der Waals surface area contributed by atoms with Gasteiger partial charge in [0.25, 0.3) is 11.8 Å². The molecule has 2 aromatic rings. The van der Waals surface area contributed by atoms with Crippen molar-refractivity contribution in [2.24, 2.45) is 0 Å². The number of benzene rings is 1. The molecule has 8 nitrogen and oxygen atoms in total. The summed E-state index contributed by atoms with van der Waals surface area (Å²) in [6.07, 6.45) is 1.35. The van der Waals surface area contributed by atoms with E-state index in [-0.39, 0.29) is 23.9 Å². The summed E-state index contributed by atoms with van der Waals surface area (Å²) < 4.78 is 4.76. The van der Waals surface area contributed by atoms with Crippen LogP contribution in [0.2, 0.25) is 0 Å². The van der Waals surface area contributed by atoms with Crippen molar-refractivity contribution < 1.29 is 14.3 Å². The van der Waals surface area contributed by atoms with Crippen LogP contribution in [0.25, 0.3) is 0 Å². The summed E-state index contributed by atoms with van der Waals surface area (Å²) in [5.74, 6) is -0.442. The van der Waals surface area contributed by atoms with E-state index in [1.54, 1.807) is 0 Å². The van der Waals surface area contributed by atoms with E-state index < -0.39 is 11.8 Å². The van der Waals surface area contributed by atoms with Crippen molar-refractivity contribution in [1.29, 1.82) is 0 Å².